The zero-order valence-electron chi connectivity index (χ0n) is 21.6. The zero-order valence-corrected chi connectivity index (χ0v) is 22.4. The van der Waals surface area contributed by atoms with Gasteiger partial charge in [-0.25, -0.2) is 13.6 Å². The summed E-state index contributed by atoms with van der Waals surface area (Å²) in [5.74, 6) is 0.739. The minimum absolute atomic E-state index is 0.116. The van der Waals surface area contributed by atoms with E-state index in [1.54, 1.807) is 6.07 Å². The molecular formula is C27H41N3O3S. The van der Waals surface area contributed by atoms with E-state index in [0.717, 1.165) is 36.2 Å². The Hall–Kier alpha value is -2.12. The highest BCUT2D eigenvalue weighted by Crippen LogP contribution is 2.35. The normalized spacial score (nSPS) is 15.6. The predicted molar refractivity (Wildman–Crippen MR) is 138 cm³/mol. The lowest BCUT2D eigenvalue weighted by Gasteiger charge is -2.25. The van der Waals surface area contributed by atoms with E-state index in [0.29, 0.717) is 29.6 Å². The van der Waals surface area contributed by atoms with Gasteiger partial charge < -0.3 is 9.88 Å². The molecule has 1 heterocycles. The van der Waals surface area contributed by atoms with Gasteiger partial charge in [0.15, 0.2) is 0 Å². The number of carbonyl (C=O) groups is 1. The molecule has 2 aromatic rings. The molecule has 1 saturated carbocycles. The van der Waals surface area contributed by atoms with Gasteiger partial charge in [0.1, 0.15) is 4.90 Å². The van der Waals surface area contributed by atoms with Crippen LogP contribution >= 0.6 is 0 Å². The topological polar surface area (TPSA) is 94.2 Å². The van der Waals surface area contributed by atoms with Crippen molar-refractivity contribution in [3.8, 4) is 11.3 Å². The third-order valence-corrected chi connectivity index (χ3v) is 7.85. The highest BCUT2D eigenvalue weighted by atomic mass is 32.2. The number of sulfonamides is 1. The number of amides is 1. The lowest BCUT2D eigenvalue weighted by molar-refractivity contribution is 0.0949. The van der Waals surface area contributed by atoms with Crippen LogP contribution in [0.25, 0.3) is 11.3 Å². The fraction of sp³-hybridized carbons (Fsp3) is 0.593. The average molecular weight is 488 g/mol. The van der Waals surface area contributed by atoms with E-state index < -0.39 is 10.0 Å². The van der Waals surface area contributed by atoms with E-state index >= 15 is 0 Å². The summed E-state index contributed by atoms with van der Waals surface area (Å²) in [6.07, 6.45) is 5.97. The lowest BCUT2D eigenvalue weighted by atomic mass is 9.84. The molecule has 1 aromatic carbocycles. The van der Waals surface area contributed by atoms with Crippen molar-refractivity contribution in [3.05, 3.63) is 41.1 Å². The molecule has 1 aliphatic rings. The van der Waals surface area contributed by atoms with Gasteiger partial charge in [0.25, 0.3) is 5.91 Å². The Morgan fingerprint density at radius 3 is 2.32 bits per heavy atom. The Morgan fingerprint density at radius 2 is 1.76 bits per heavy atom. The van der Waals surface area contributed by atoms with Crippen molar-refractivity contribution in [2.45, 2.75) is 90.5 Å². The molecule has 1 aliphatic carbocycles. The molecular weight excluding hydrogens is 446 g/mol. The van der Waals surface area contributed by atoms with Gasteiger partial charge >= 0.3 is 0 Å². The Morgan fingerprint density at radius 1 is 1.12 bits per heavy atom. The number of carbonyl (C=O) groups excluding carboxylic acids is 1. The molecule has 0 aliphatic heterocycles. The number of nitrogens with one attached hydrogen (secondary N) is 1. The standard InChI is InChI=1S/C27H41N3O3S/c1-18(2)16-29-26(31)22-12-21(13-23(14-22)27(4,5)6)24-15-25(34(28,32)33)19(3)30(24)17-20-10-8-7-9-11-20/h12-15,18,20H,7-11,16-17H2,1-6H3,(H,29,31)(H2,28,32,33). The van der Waals surface area contributed by atoms with E-state index in [9.17, 15) is 13.2 Å². The first kappa shape index (κ1) is 26.5. The summed E-state index contributed by atoms with van der Waals surface area (Å²) < 4.78 is 26.9. The van der Waals surface area contributed by atoms with E-state index in [1.807, 2.05) is 19.1 Å². The van der Waals surface area contributed by atoms with Crippen LogP contribution in [0.3, 0.4) is 0 Å². The van der Waals surface area contributed by atoms with Gasteiger partial charge in [-0.1, -0.05) is 53.9 Å². The quantitative estimate of drug-likeness (QED) is 0.549. The molecule has 0 spiro atoms. The van der Waals surface area contributed by atoms with Crippen molar-refractivity contribution in [2.75, 3.05) is 6.54 Å². The maximum absolute atomic E-state index is 13.0. The van der Waals surface area contributed by atoms with E-state index in [-0.39, 0.29) is 16.2 Å². The Kier molecular flexibility index (Phi) is 7.98. The number of hydrogen-bond acceptors (Lipinski definition) is 3. The van der Waals surface area contributed by atoms with Crippen LogP contribution in [0.4, 0.5) is 0 Å². The zero-order chi connectivity index (χ0) is 25.3. The van der Waals surface area contributed by atoms with Crippen molar-refractivity contribution < 1.29 is 13.2 Å². The third kappa shape index (κ3) is 6.30. The van der Waals surface area contributed by atoms with Crippen molar-refractivity contribution >= 4 is 15.9 Å². The largest absolute Gasteiger partial charge is 0.352 e. The van der Waals surface area contributed by atoms with Crippen LogP contribution in [-0.2, 0) is 22.0 Å². The number of aromatic nitrogens is 1. The summed E-state index contributed by atoms with van der Waals surface area (Å²) in [5, 5.41) is 8.61. The highest BCUT2D eigenvalue weighted by Gasteiger charge is 2.25. The van der Waals surface area contributed by atoms with Crippen LogP contribution in [0.15, 0.2) is 29.2 Å². The number of nitrogens with zero attached hydrogens (tertiary/aromatic N) is 1. The van der Waals surface area contributed by atoms with Gasteiger partial charge in [0.2, 0.25) is 10.0 Å². The van der Waals surface area contributed by atoms with Gasteiger partial charge in [-0.05, 0) is 72.4 Å². The molecule has 3 rings (SSSR count). The van der Waals surface area contributed by atoms with Crippen molar-refractivity contribution in [1.29, 1.82) is 0 Å². The van der Waals surface area contributed by atoms with Crippen LogP contribution in [0.1, 0.15) is 88.3 Å². The third-order valence-electron chi connectivity index (χ3n) is 6.82. The molecule has 188 valence electrons. The molecule has 0 bridgehead atoms. The number of hydrogen-bond donors (Lipinski definition) is 2. The van der Waals surface area contributed by atoms with Crippen LogP contribution < -0.4 is 10.5 Å². The molecule has 34 heavy (non-hydrogen) atoms. The first-order chi connectivity index (χ1) is 15.8. The second-order valence-corrected chi connectivity index (χ2v) is 12.8. The highest BCUT2D eigenvalue weighted by molar-refractivity contribution is 7.89. The van der Waals surface area contributed by atoms with Crippen LogP contribution in [0, 0.1) is 18.8 Å². The first-order valence-corrected chi connectivity index (χ1v) is 14.0. The van der Waals surface area contributed by atoms with E-state index in [4.69, 9.17) is 5.14 Å². The summed E-state index contributed by atoms with van der Waals surface area (Å²) in [6.45, 7) is 13.7. The number of primary sulfonamides is 1. The molecule has 0 unspecified atom stereocenters. The van der Waals surface area contributed by atoms with Crippen molar-refractivity contribution in [3.63, 3.8) is 0 Å². The van der Waals surface area contributed by atoms with Crippen LogP contribution in [0.5, 0.6) is 0 Å². The van der Waals surface area contributed by atoms with Gasteiger partial charge in [-0.3, -0.25) is 4.79 Å². The summed E-state index contributed by atoms with van der Waals surface area (Å²) in [4.78, 5) is 13.2. The molecule has 0 saturated heterocycles. The average Bonchev–Trinajstić information content (AvgIpc) is 3.08. The minimum Gasteiger partial charge on any atom is -0.352 e. The summed E-state index contributed by atoms with van der Waals surface area (Å²) in [7, 11) is -3.87. The van der Waals surface area contributed by atoms with E-state index in [1.165, 1.54) is 19.3 Å². The van der Waals surface area contributed by atoms with E-state index in [2.05, 4.69) is 50.6 Å². The fourth-order valence-electron chi connectivity index (χ4n) is 4.75. The molecule has 1 amide bonds. The SMILES string of the molecule is Cc1c(S(N)(=O)=O)cc(-c2cc(C(=O)NCC(C)C)cc(C(C)(C)C)c2)n1CC1CCCCC1. The summed E-state index contributed by atoms with van der Waals surface area (Å²) in [6, 6.07) is 7.59. The van der Waals surface area contributed by atoms with Gasteiger partial charge in [0.05, 0.1) is 0 Å². The van der Waals surface area contributed by atoms with Crippen LogP contribution in [0.2, 0.25) is 0 Å². The van der Waals surface area contributed by atoms with Crippen LogP contribution in [-0.4, -0.2) is 25.4 Å². The molecule has 6 nitrogen and oxygen atoms in total. The molecule has 0 atom stereocenters. The Balaban J connectivity index is 2.16. The lowest BCUT2D eigenvalue weighted by Crippen LogP contribution is -2.27. The summed E-state index contributed by atoms with van der Waals surface area (Å²) in [5.41, 5.74) is 3.74. The van der Waals surface area contributed by atoms with Gasteiger partial charge in [0, 0.05) is 30.0 Å². The number of benzene rings is 1. The Labute approximate surface area is 205 Å². The second-order valence-electron chi connectivity index (χ2n) is 11.3. The second kappa shape index (κ2) is 10.2. The molecule has 3 N–H and O–H groups in total. The van der Waals surface area contributed by atoms with Gasteiger partial charge in [-0.15, -0.1) is 0 Å². The molecule has 0 radical (unpaired) electrons. The monoisotopic (exact) mass is 487 g/mol. The van der Waals surface area contributed by atoms with Crippen molar-refractivity contribution in [1.82, 2.24) is 9.88 Å². The summed E-state index contributed by atoms with van der Waals surface area (Å²) >= 11 is 0. The Bertz CT molecular complexity index is 1130. The first-order valence-electron chi connectivity index (χ1n) is 12.4. The number of nitrogens with two attached hydrogens (primary N) is 1. The number of rotatable bonds is 7. The van der Waals surface area contributed by atoms with Gasteiger partial charge in [-0.2, -0.15) is 0 Å². The molecule has 1 fully saturated rings. The maximum Gasteiger partial charge on any atom is 0.251 e. The molecule has 7 heteroatoms. The smallest absolute Gasteiger partial charge is 0.251 e. The molecule has 1 aromatic heterocycles. The van der Waals surface area contributed by atoms with Crippen molar-refractivity contribution in [2.24, 2.45) is 17.0 Å². The predicted octanol–water partition coefficient (Wildman–Crippen LogP) is 5.37. The fourth-order valence-corrected chi connectivity index (χ4v) is 5.55. The maximum atomic E-state index is 13.0. The minimum atomic E-state index is -3.87.